The molecule has 41 heavy (non-hydrogen) atoms. The number of allylic oxidation sites excluding steroid dienone is 2. The van der Waals surface area contributed by atoms with E-state index in [0.29, 0.717) is 37.9 Å². The second-order valence-electron chi connectivity index (χ2n) is 10.1. The minimum absolute atomic E-state index is 0.146. The van der Waals surface area contributed by atoms with Gasteiger partial charge in [-0.1, -0.05) is 18.6 Å². The zero-order valence-electron chi connectivity index (χ0n) is 24.9. The normalized spacial score (nSPS) is 20.7. The Kier molecular flexibility index (Phi) is 14.0. The molecule has 3 rings (SSSR count). The number of piperazine rings is 1. The molecule has 2 aliphatic rings. The van der Waals surface area contributed by atoms with E-state index in [2.05, 4.69) is 26.6 Å². The average molecular weight is 572 g/mol. The number of nitrogens with zero attached hydrogens (tertiary/aromatic N) is 5. The molecule has 3 heterocycles. The molecule has 1 fully saturated rings. The number of hydrazine groups is 1. The molecule has 2 aliphatic heterocycles. The predicted octanol–water partition coefficient (Wildman–Crippen LogP) is 2.24. The third kappa shape index (κ3) is 10.6. The van der Waals surface area contributed by atoms with Gasteiger partial charge in [0.05, 0.1) is 13.0 Å². The molecule has 0 radical (unpaired) electrons. The molecule has 1 saturated heterocycles. The number of pyridine rings is 1. The molecule has 1 aromatic rings. The van der Waals surface area contributed by atoms with Crippen LogP contribution in [0.3, 0.4) is 0 Å². The van der Waals surface area contributed by atoms with Gasteiger partial charge < -0.3 is 20.2 Å². The van der Waals surface area contributed by atoms with Crippen molar-refractivity contribution in [2.45, 2.75) is 52.9 Å². The maximum Gasteiger partial charge on any atom is 0.330 e. The van der Waals surface area contributed by atoms with Gasteiger partial charge in [0, 0.05) is 45.4 Å². The molecular formula is C29H45N7O5. The summed E-state index contributed by atoms with van der Waals surface area (Å²) in [6, 6.07) is 1.84. The van der Waals surface area contributed by atoms with Gasteiger partial charge in [-0.05, 0) is 68.8 Å². The van der Waals surface area contributed by atoms with Crippen LogP contribution in [0.2, 0.25) is 0 Å². The molecule has 2 unspecified atom stereocenters. The van der Waals surface area contributed by atoms with Crippen LogP contribution in [-0.4, -0.2) is 85.4 Å². The van der Waals surface area contributed by atoms with Crippen molar-refractivity contribution in [1.82, 2.24) is 14.8 Å². The topological polar surface area (TPSA) is 157 Å². The lowest BCUT2D eigenvalue weighted by Crippen LogP contribution is -2.50. The van der Waals surface area contributed by atoms with E-state index >= 15 is 0 Å². The fourth-order valence-electron chi connectivity index (χ4n) is 4.80. The summed E-state index contributed by atoms with van der Waals surface area (Å²) in [6.45, 7) is 11.9. The van der Waals surface area contributed by atoms with Crippen LogP contribution in [0.25, 0.3) is 0 Å². The van der Waals surface area contributed by atoms with Crippen molar-refractivity contribution in [1.29, 1.82) is 0 Å². The highest BCUT2D eigenvalue weighted by molar-refractivity contribution is 5.84. The van der Waals surface area contributed by atoms with Gasteiger partial charge in [0.15, 0.2) is 0 Å². The van der Waals surface area contributed by atoms with Gasteiger partial charge in [0.25, 0.3) is 0 Å². The molecule has 0 spiro atoms. The van der Waals surface area contributed by atoms with E-state index in [4.69, 9.17) is 16.4 Å². The van der Waals surface area contributed by atoms with E-state index in [9.17, 15) is 14.4 Å². The minimum Gasteiger partial charge on any atom is -0.469 e. The summed E-state index contributed by atoms with van der Waals surface area (Å²) in [5.41, 5.74) is 3.14. The van der Waals surface area contributed by atoms with Crippen LogP contribution in [0.5, 0.6) is 0 Å². The molecule has 4 N–H and O–H groups in total. The van der Waals surface area contributed by atoms with Gasteiger partial charge in [-0.25, -0.2) is 20.6 Å². The van der Waals surface area contributed by atoms with Crippen LogP contribution in [0.15, 0.2) is 41.2 Å². The summed E-state index contributed by atoms with van der Waals surface area (Å²) in [5.74, 6) is 11.3. The lowest BCUT2D eigenvalue weighted by Gasteiger charge is -2.37. The first kappa shape index (κ1) is 33.4. The van der Waals surface area contributed by atoms with Crippen LogP contribution in [-0.2, 0) is 23.9 Å². The monoisotopic (exact) mass is 571 g/mol. The Morgan fingerprint density at radius 2 is 1.98 bits per heavy atom. The summed E-state index contributed by atoms with van der Waals surface area (Å²) in [6.07, 6.45) is 11.0. The molecule has 0 aromatic carbocycles. The van der Waals surface area contributed by atoms with Crippen LogP contribution < -0.4 is 16.7 Å². The largest absolute Gasteiger partial charge is 0.469 e. The van der Waals surface area contributed by atoms with Crippen molar-refractivity contribution in [3.8, 4) is 0 Å². The SMILES string of the molecule is CCC(C(=O)N1CCN(CCC2C/C=C/C(=O)OC/C=C/2C)CC1)c1cnc(N(N)/C=N\N)cc1C.COC(C)=O. The van der Waals surface area contributed by atoms with Gasteiger partial charge >= 0.3 is 11.9 Å². The molecular weight excluding hydrogens is 526 g/mol. The molecule has 2 atom stereocenters. The van der Waals surface area contributed by atoms with E-state index in [1.807, 2.05) is 37.0 Å². The van der Waals surface area contributed by atoms with Crippen molar-refractivity contribution in [2.75, 3.05) is 51.4 Å². The van der Waals surface area contributed by atoms with E-state index in [1.54, 1.807) is 6.20 Å². The van der Waals surface area contributed by atoms with Gasteiger partial charge in [-0.2, -0.15) is 5.10 Å². The maximum atomic E-state index is 13.4. The highest BCUT2D eigenvalue weighted by Crippen LogP contribution is 2.27. The Labute approximate surface area is 243 Å². The van der Waals surface area contributed by atoms with E-state index in [0.717, 1.165) is 43.6 Å². The van der Waals surface area contributed by atoms with Crippen molar-refractivity contribution in [2.24, 2.45) is 22.7 Å². The Bertz CT molecular complexity index is 1110. The first-order valence-corrected chi connectivity index (χ1v) is 13.9. The summed E-state index contributed by atoms with van der Waals surface area (Å²) < 4.78 is 9.24. The molecule has 1 amide bonds. The Balaban J connectivity index is 0.00000108. The van der Waals surface area contributed by atoms with E-state index in [-0.39, 0.29) is 23.8 Å². The van der Waals surface area contributed by atoms with Gasteiger partial charge in [0.2, 0.25) is 5.91 Å². The van der Waals surface area contributed by atoms with Gasteiger partial charge in [-0.3, -0.25) is 14.5 Å². The zero-order valence-corrected chi connectivity index (χ0v) is 24.9. The second-order valence-corrected chi connectivity index (χ2v) is 10.1. The number of hydrogen-bond donors (Lipinski definition) is 2. The quantitative estimate of drug-likeness (QED) is 0.118. The third-order valence-corrected chi connectivity index (χ3v) is 7.39. The molecule has 226 valence electrons. The van der Waals surface area contributed by atoms with E-state index < -0.39 is 0 Å². The molecule has 0 bridgehead atoms. The summed E-state index contributed by atoms with van der Waals surface area (Å²) in [4.78, 5) is 43.4. The number of hydrogen-bond acceptors (Lipinski definition) is 10. The predicted molar refractivity (Wildman–Crippen MR) is 159 cm³/mol. The standard InChI is InChI=1S/C26H39N7O3.C3H6O2/c1-4-22(23-17-29-24(16-20(23)3)33(28)18-30-27)26(35)32-13-11-31(12-14-32)10-8-21-6-5-7-25(34)36-15-9-19(21)2;1-3(4)5-2/h5,7,9,16-18,21-22H,4,6,8,10-15,27-28H2,1-3H3;1-2H3/b7-5+,19-9+,30-18-;. The van der Waals surface area contributed by atoms with Crippen molar-refractivity contribution in [3.63, 3.8) is 0 Å². The number of aromatic nitrogens is 1. The second kappa shape index (κ2) is 17.1. The summed E-state index contributed by atoms with van der Waals surface area (Å²) >= 11 is 0. The smallest absolute Gasteiger partial charge is 0.330 e. The number of amides is 1. The van der Waals surface area contributed by atoms with E-state index in [1.165, 1.54) is 37.0 Å². The Morgan fingerprint density at radius 3 is 2.56 bits per heavy atom. The number of ether oxygens (including phenoxy) is 2. The number of aryl methyl sites for hydroxylation is 1. The van der Waals surface area contributed by atoms with Crippen LogP contribution in [0.4, 0.5) is 5.82 Å². The number of nitrogens with two attached hydrogens (primary N) is 2. The fraction of sp³-hybridized carbons (Fsp3) is 0.552. The molecule has 12 nitrogen and oxygen atoms in total. The first-order valence-electron chi connectivity index (χ1n) is 13.9. The number of rotatable bonds is 8. The fourth-order valence-corrected chi connectivity index (χ4v) is 4.80. The average Bonchev–Trinajstić information content (AvgIpc) is 3.03. The number of carbonyl (C=O) groups is 3. The molecule has 12 heteroatoms. The van der Waals surface area contributed by atoms with Crippen LogP contribution in [0, 0.1) is 12.8 Å². The number of carbonyl (C=O) groups excluding carboxylic acids is 3. The lowest BCUT2D eigenvalue weighted by atomic mass is 9.92. The van der Waals surface area contributed by atoms with Crippen molar-refractivity contribution < 1.29 is 23.9 Å². The van der Waals surface area contributed by atoms with Crippen LogP contribution >= 0.6 is 0 Å². The molecule has 0 aliphatic carbocycles. The number of esters is 2. The highest BCUT2D eigenvalue weighted by Gasteiger charge is 2.29. The molecule has 0 saturated carbocycles. The summed E-state index contributed by atoms with van der Waals surface area (Å²) in [5, 5.41) is 4.66. The van der Waals surface area contributed by atoms with Crippen LogP contribution in [0.1, 0.15) is 57.1 Å². The highest BCUT2D eigenvalue weighted by atomic mass is 16.5. The number of hydrazone groups is 1. The summed E-state index contributed by atoms with van der Waals surface area (Å²) in [7, 11) is 1.35. The Morgan fingerprint density at radius 1 is 1.29 bits per heavy atom. The van der Waals surface area contributed by atoms with Gasteiger partial charge in [-0.15, -0.1) is 0 Å². The molecule has 1 aromatic heterocycles. The van der Waals surface area contributed by atoms with Crippen molar-refractivity contribution in [3.05, 3.63) is 47.2 Å². The zero-order chi connectivity index (χ0) is 30.4. The Hall–Kier alpha value is -3.77. The number of cyclic esters (lactones) is 1. The number of anilines is 1. The number of methoxy groups -OCH3 is 1. The third-order valence-electron chi connectivity index (χ3n) is 7.39. The maximum absolute atomic E-state index is 13.4. The first-order chi connectivity index (χ1) is 19.6. The van der Waals surface area contributed by atoms with Gasteiger partial charge in [0.1, 0.15) is 18.8 Å². The minimum atomic E-state index is -0.282. The van der Waals surface area contributed by atoms with Crippen molar-refractivity contribution >= 4 is 30.0 Å². The lowest BCUT2D eigenvalue weighted by molar-refractivity contribution is -0.138.